The third kappa shape index (κ3) is 1.85. The molecule has 1 aromatic rings. The Labute approximate surface area is 83.6 Å². The third-order valence-corrected chi connectivity index (χ3v) is 2.33. The van der Waals surface area contributed by atoms with Crippen LogP contribution in [-0.4, -0.2) is 12.6 Å². The summed E-state index contributed by atoms with van der Waals surface area (Å²) in [7, 11) is 1.71. The van der Waals surface area contributed by atoms with Gasteiger partial charge in [0.25, 0.3) is 0 Å². The minimum atomic E-state index is -0.706. The summed E-state index contributed by atoms with van der Waals surface area (Å²) in [6.45, 7) is 3.50. The van der Waals surface area contributed by atoms with Gasteiger partial charge in [-0.1, -0.05) is 12.1 Å². The second kappa shape index (κ2) is 3.67. The summed E-state index contributed by atoms with van der Waals surface area (Å²) in [5, 5.41) is 8.90. The first-order valence-electron chi connectivity index (χ1n) is 4.38. The zero-order valence-electron chi connectivity index (χ0n) is 8.58. The molecule has 0 fully saturated rings. The molecule has 0 saturated carbocycles. The van der Waals surface area contributed by atoms with Gasteiger partial charge in [-0.2, -0.15) is 5.26 Å². The smallest absolute Gasteiger partial charge is 0.146 e. The second-order valence-electron chi connectivity index (χ2n) is 3.68. The van der Waals surface area contributed by atoms with Crippen molar-refractivity contribution in [2.75, 3.05) is 11.9 Å². The van der Waals surface area contributed by atoms with Gasteiger partial charge in [-0.05, 0) is 26.0 Å². The minimum absolute atomic E-state index is 0.307. The Balaban J connectivity index is 3.08. The van der Waals surface area contributed by atoms with Gasteiger partial charge in [0.2, 0.25) is 0 Å². The number of nitriles is 1. The van der Waals surface area contributed by atoms with E-state index in [2.05, 4.69) is 6.07 Å². The largest absolute Gasteiger partial charge is 0.354 e. The number of hydrogen-bond donors (Lipinski definition) is 0. The van der Waals surface area contributed by atoms with Crippen molar-refractivity contribution in [3.63, 3.8) is 0 Å². The van der Waals surface area contributed by atoms with Crippen molar-refractivity contribution in [2.24, 2.45) is 0 Å². The molecule has 0 aliphatic heterocycles. The molecule has 1 aromatic carbocycles. The summed E-state index contributed by atoms with van der Waals surface area (Å²) in [5.41, 5.74) is -0.263. The summed E-state index contributed by atoms with van der Waals surface area (Å²) in [6, 6.07) is 8.56. The number of rotatable bonds is 2. The highest BCUT2D eigenvalue weighted by Crippen LogP contribution is 2.24. The molecular formula is C11H13FN2. The van der Waals surface area contributed by atoms with E-state index in [1.54, 1.807) is 44.0 Å². The number of halogens is 1. The van der Waals surface area contributed by atoms with E-state index in [1.807, 2.05) is 0 Å². The fraction of sp³-hybridized carbons (Fsp3) is 0.364. The minimum Gasteiger partial charge on any atom is -0.354 e. The van der Waals surface area contributed by atoms with Crippen molar-refractivity contribution in [3.8, 4) is 6.07 Å². The van der Waals surface area contributed by atoms with Crippen LogP contribution in [0.5, 0.6) is 0 Å². The van der Waals surface area contributed by atoms with Crippen LogP contribution in [-0.2, 0) is 0 Å². The monoisotopic (exact) mass is 192 g/mol. The van der Waals surface area contributed by atoms with Crippen LogP contribution in [0.2, 0.25) is 0 Å². The fourth-order valence-electron chi connectivity index (χ4n) is 1.10. The van der Waals surface area contributed by atoms with Gasteiger partial charge < -0.3 is 4.90 Å². The van der Waals surface area contributed by atoms with Crippen LogP contribution in [0.15, 0.2) is 24.3 Å². The summed E-state index contributed by atoms with van der Waals surface area (Å²) < 4.78 is 13.4. The fourth-order valence-corrected chi connectivity index (χ4v) is 1.10. The molecule has 0 aliphatic rings. The first-order valence-corrected chi connectivity index (χ1v) is 4.38. The Morgan fingerprint density at radius 2 is 1.93 bits per heavy atom. The highest BCUT2D eigenvalue weighted by atomic mass is 19.1. The van der Waals surface area contributed by atoms with Crippen LogP contribution in [0.25, 0.3) is 0 Å². The van der Waals surface area contributed by atoms with Gasteiger partial charge in [0.1, 0.15) is 11.4 Å². The summed E-state index contributed by atoms with van der Waals surface area (Å²) >= 11 is 0. The maximum atomic E-state index is 13.4. The highest BCUT2D eigenvalue weighted by Gasteiger charge is 2.24. The number of para-hydroxylation sites is 1. The normalized spacial score (nSPS) is 10.8. The van der Waals surface area contributed by atoms with Gasteiger partial charge in [0.05, 0.1) is 11.8 Å². The van der Waals surface area contributed by atoms with Crippen LogP contribution in [0, 0.1) is 17.1 Å². The first-order chi connectivity index (χ1) is 6.49. The molecule has 0 aromatic heterocycles. The molecule has 0 N–H and O–H groups in total. The van der Waals surface area contributed by atoms with Crippen molar-refractivity contribution in [1.29, 1.82) is 5.26 Å². The van der Waals surface area contributed by atoms with Crippen LogP contribution in [0.3, 0.4) is 0 Å². The third-order valence-electron chi connectivity index (χ3n) is 2.33. The van der Waals surface area contributed by atoms with E-state index in [0.29, 0.717) is 5.69 Å². The Hall–Kier alpha value is -1.56. The van der Waals surface area contributed by atoms with Crippen molar-refractivity contribution >= 4 is 5.69 Å². The summed E-state index contributed by atoms with van der Waals surface area (Å²) in [4.78, 5) is 1.63. The number of benzene rings is 1. The van der Waals surface area contributed by atoms with Crippen molar-refractivity contribution in [3.05, 3.63) is 30.1 Å². The lowest BCUT2D eigenvalue weighted by Gasteiger charge is -2.31. The zero-order chi connectivity index (χ0) is 10.8. The maximum absolute atomic E-state index is 13.4. The molecule has 0 atom stereocenters. The molecule has 1 rings (SSSR count). The van der Waals surface area contributed by atoms with Gasteiger partial charge in [-0.15, -0.1) is 0 Å². The molecule has 0 radical (unpaired) electrons. The van der Waals surface area contributed by atoms with E-state index in [-0.39, 0.29) is 5.82 Å². The lowest BCUT2D eigenvalue weighted by molar-refractivity contribution is 0.577. The molecule has 0 unspecified atom stereocenters. The average molecular weight is 192 g/mol. The van der Waals surface area contributed by atoms with E-state index in [1.165, 1.54) is 6.07 Å². The molecule has 2 nitrogen and oxygen atoms in total. The molecule has 0 heterocycles. The molecule has 74 valence electrons. The maximum Gasteiger partial charge on any atom is 0.146 e. The lowest BCUT2D eigenvalue weighted by atomic mass is 10.1. The highest BCUT2D eigenvalue weighted by molar-refractivity contribution is 5.50. The van der Waals surface area contributed by atoms with E-state index in [4.69, 9.17) is 5.26 Å². The number of anilines is 1. The Morgan fingerprint density at radius 1 is 1.36 bits per heavy atom. The SMILES string of the molecule is CN(c1ccccc1F)C(C)(C)C#N. The van der Waals surface area contributed by atoms with Gasteiger partial charge in [0, 0.05) is 7.05 Å². The van der Waals surface area contributed by atoms with Crippen LogP contribution >= 0.6 is 0 Å². The lowest BCUT2D eigenvalue weighted by Crippen LogP contribution is -2.40. The molecule has 14 heavy (non-hydrogen) atoms. The van der Waals surface area contributed by atoms with Gasteiger partial charge in [-0.3, -0.25) is 0 Å². The van der Waals surface area contributed by atoms with Gasteiger partial charge in [-0.25, -0.2) is 4.39 Å². The average Bonchev–Trinajstić information content (AvgIpc) is 2.17. The van der Waals surface area contributed by atoms with E-state index < -0.39 is 5.54 Å². The van der Waals surface area contributed by atoms with Crippen LogP contribution in [0.1, 0.15) is 13.8 Å². The second-order valence-corrected chi connectivity index (χ2v) is 3.68. The molecule has 0 amide bonds. The predicted octanol–water partition coefficient (Wildman–Crippen LogP) is 2.56. The molecule has 0 aliphatic carbocycles. The van der Waals surface area contributed by atoms with E-state index >= 15 is 0 Å². The molecule has 0 spiro atoms. The molecule has 0 saturated heterocycles. The Bertz CT molecular complexity index is 366. The Morgan fingerprint density at radius 3 is 2.43 bits per heavy atom. The topological polar surface area (TPSA) is 27.0 Å². The first kappa shape index (κ1) is 10.5. The zero-order valence-corrected chi connectivity index (χ0v) is 8.58. The predicted molar refractivity (Wildman–Crippen MR) is 54.5 cm³/mol. The van der Waals surface area contributed by atoms with Gasteiger partial charge in [0.15, 0.2) is 0 Å². The summed E-state index contributed by atoms with van der Waals surface area (Å²) in [5.74, 6) is -0.307. The van der Waals surface area contributed by atoms with E-state index in [9.17, 15) is 4.39 Å². The van der Waals surface area contributed by atoms with Crippen molar-refractivity contribution in [1.82, 2.24) is 0 Å². The Kier molecular flexibility index (Phi) is 2.76. The van der Waals surface area contributed by atoms with Crippen LogP contribution in [0.4, 0.5) is 10.1 Å². The number of hydrogen-bond acceptors (Lipinski definition) is 2. The molecule has 0 bridgehead atoms. The summed E-state index contributed by atoms with van der Waals surface area (Å²) in [6.07, 6.45) is 0. The molecule has 3 heteroatoms. The van der Waals surface area contributed by atoms with E-state index in [0.717, 1.165) is 0 Å². The van der Waals surface area contributed by atoms with Crippen molar-refractivity contribution in [2.45, 2.75) is 19.4 Å². The number of nitrogens with zero attached hydrogens (tertiary/aromatic N) is 2. The molecular weight excluding hydrogens is 179 g/mol. The van der Waals surface area contributed by atoms with Crippen LogP contribution < -0.4 is 4.90 Å². The quantitative estimate of drug-likeness (QED) is 0.720. The van der Waals surface area contributed by atoms with Crippen molar-refractivity contribution < 1.29 is 4.39 Å². The van der Waals surface area contributed by atoms with Gasteiger partial charge >= 0.3 is 0 Å². The standard InChI is InChI=1S/C11H13FN2/c1-11(2,8-13)14(3)10-7-5-4-6-9(10)12/h4-7H,1-3H3.